The van der Waals surface area contributed by atoms with Crippen LogP contribution in [0.15, 0.2) is 24.3 Å². The molecule has 0 heterocycles. The molecule has 0 unspecified atom stereocenters. The summed E-state index contributed by atoms with van der Waals surface area (Å²) in [6, 6.07) is 0. The van der Waals surface area contributed by atoms with Crippen LogP contribution in [0.3, 0.4) is 0 Å². The van der Waals surface area contributed by atoms with Gasteiger partial charge in [0.2, 0.25) is 0 Å². The van der Waals surface area contributed by atoms with Gasteiger partial charge in [0.1, 0.15) is 0 Å². The molecule has 0 aromatic carbocycles. The van der Waals surface area contributed by atoms with Gasteiger partial charge in [-0.15, -0.1) is 0 Å². The lowest BCUT2D eigenvalue weighted by Crippen LogP contribution is -2.25. The van der Waals surface area contributed by atoms with Gasteiger partial charge >= 0.3 is 0 Å². The molecular weight excluding hydrogens is 256 g/mol. The molecule has 21 heavy (non-hydrogen) atoms. The standard InChI is InChI=1S/C20H34O/c1-3-6-17-8-12-19(13-9-17)20-14-10-18(11-15-20)7-5-16-21-4-2/h3,5-7,17-20H,4,8-16H2,1-2H3/t17-,18-,19-,20-. The predicted molar refractivity (Wildman–Crippen MR) is 91.3 cm³/mol. The van der Waals surface area contributed by atoms with E-state index in [1.807, 2.05) is 0 Å². The SMILES string of the molecule is CC=C[C@H]1CC[C@H]([C@H]2CC[C@H](C=CCOCC)CC2)CC1. The normalized spacial score (nSPS) is 34.8. The summed E-state index contributed by atoms with van der Waals surface area (Å²) < 4.78 is 5.38. The minimum atomic E-state index is 0.797. The molecule has 2 aliphatic carbocycles. The molecule has 0 aromatic rings. The Kier molecular flexibility index (Phi) is 7.57. The lowest BCUT2D eigenvalue weighted by Gasteiger charge is -2.36. The van der Waals surface area contributed by atoms with E-state index in [2.05, 4.69) is 38.2 Å². The van der Waals surface area contributed by atoms with Gasteiger partial charge in [0.25, 0.3) is 0 Å². The maximum atomic E-state index is 5.38. The van der Waals surface area contributed by atoms with Crippen LogP contribution in [-0.4, -0.2) is 13.2 Å². The van der Waals surface area contributed by atoms with Crippen molar-refractivity contribution in [2.45, 2.75) is 65.2 Å². The number of allylic oxidation sites excluding steroid dienone is 3. The molecule has 0 aromatic heterocycles. The Morgan fingerprint density at radius 1 is 0.810 bits per heavy atom. The third-order valence-electron chi connectivity index (χ3n) is 5.59. The summed E-state index contributed by atoms with van der Waals surface area (Å²) in [6.45, 7) is 5.84. The fourth-order valence-electron chi connectivity index (χ4n) is 4.32. The zero-order valence-corrected chi connectivity index (χ0v) is 14.1. The van der Waals surface area contributed by atoms with Crippen molar-refractivity contribution in [1.29, 1.82) is 0 Å². The van der Waals surface area contributed by atoms with Gasteiger partial charge in [-0.1, -0.05) is 24.3 Å². The van der Waals surface area contributed by atoms with Gasteiger partial charge in [0.15, 0.2) is 0 Å². The Balaban J connectivity index is 1.66. The van der Waals surface area contributed by atoms with Crippen molar-refractivity contribution in [3.63, 3.8) is 0 Å². The van der Waals surface area contributed by atoms with E-state index in [9.17, 15) is 0 Å². The van der Waals surface area contributed by atoms with Crippen molar-refractivity contribution in [3.8, 4) is 0 Å². The van der Waals surface area contributed by atoms with Gasteiger partial charge < -0.3 is 4.74 Å². The molecule has 1 heteroatoms. The van der Waals surface area contributed by atoms with Gasteiger partial charge in [-0.2, -0.15) is 0 Å². The third-order valence-corrected chi connectivity index (χ3v) is 5.59. The highest BCUT2D eigenvalue weighted by molar-refractivity contribution is 4.94. The third kappa shape index (κ3) is 5.62. The van der Waals surface area contributed by atoms with Crippen molar-refractivity contribution in [2.24, 2.45) is 23.7 Å². The van der Waals surface area contributed by atoms with Crippen molar-refractivity contribution in [3.05, 3.63) is 24.3 Å². The van der Waals surface area contributed by atoms with E-state index < -0.39 is 0 Å². The second-order valence-electron chi connectivity index (χ2n) is 6.96. The maximum Gasteiger partial charge on any atom is 0.0647 e. The summed E-state index contributed by atoms with van der Waals surface area (Å²) in [5, 5.41) is 0. The van der Waals surface area contributed by atoms with Gasteiger partial charge in [-0.05, 0) is 88.9 Å². The first-order chi connectivity index (χ1) is 10.3. The summed E-state index contributed by atoms with van der Waals surface area (Å²) in [7, 11) is 0. The zero-order chi connectivity index (χ0) is 14.9. The zero-order valence-electron chi connectivity index (χ0n) is 14.1. The second kappa shape index (κ2) is 9.46. The van der Waals surface area contributed by atoms with Gasteiger partial charge in [-0.25, -0.2) is 0 Å². The molecule has 0 bridgehead atoms. The summed E-state index contributed by atoms with van der Waals surface area (Å²) in [4.78, 5) is 0. The molecule has 2 fully saturated rings. The molecule has 2 aliphatic rings. The lowest BCUT2D eigenvalue weighted by molar-refractivity contribution is 0.164. The molecule has 0 radical (unpaired) electrons. The smallest absolute Gasteiger partial charge is 0.0647 e. The highest BCUT2D eigenvalue weighted by Crippen LogP contribution is 2.41. The molecule has 2 saturated carbocycles. The molecule has 2 rings (SSSR count). The first-order valence-corrected chi connectivity index (χ1v) is 9.20. The van der Waals surface area contributed by atoms with E-state index in [1.54, 1.807) is 0 Å². The second-order valence-corrected chi connectivity index (χ2v) is 6.96. The van der Waals surface area contributed by atoms with Crippen molar-refractivity contribution < 1.29 is 4.74 Å². The van der Waals surface area contributed by atoms with Crippen molar-refractivity contribution in [1.82, 2.24) is 0 Å². The topological polar surface area (TPSA) is 9.23 Å². The van der Waals surface area contributed by atoms with Crippen LogP contribution in [0.5, 0.6) is 0 Å². The number of hydrogen-bond acceptors (Lipinski definition) is 1. The van der Waals surface area contributed by atoms with Crippen LogP contribution in [0.2, 0.25) is 0 Å². The molecule has 0 amide bonds. The Morgan fingerprint density at radius 2 is 1.33 bits per heavy atom. The molecule has 1 nitrogen and oxygen atoms in total. The lowest BCUT2D eigenvalue weighted by atomic mass is 9.69. The number of rotatable bonds is 6. The van der Waals surface area contributed by atoms with E-state index in [1.165, 1.54) is 51.4 Å². The van der Waals surface area contributed by atoms with E-state index in [-0.39, 0.29) is 0 Å². The van der Waals surface area contributed by atoms with Crippen LogP contribution in [0.4, 0.5) is 0 Å². The Bertz CT molecular complexity index is 315. The van der Waals surface area contributed by atoms with Gasteiger partial charge in [0, 0.05) is 6.61 Å². The summed E-state index contributed by atoms with van der Waals surface area (Å²) in [5.74, 6) is 3.75. The molecular formula is C20H34O. The highest BCUT2D eigenvalue weighted by atomic mass is 16.5. The van der Waals surface area contributed by atoms with Crippen molar-refractivity contribution >= 4 is 0 Å². The fourth-order valence-corrected chi connectivity index (χ4v) is 4.32. The highest BCUT2D eigenvalue weighted by Gasteiger charge is 2.29. The van der Waals surface area contributed by atoms with Crippen molar-refractivity contribution in [2.75, 3.05) is 13.2 Å². The quantitative estimate of drug-likeness (QED) is 0.446. The molecule has 0 aliphatic heterocycles. The molecule has 0 N–H and O–H groups in total. The van der Waals surface area contributed by atoms with E-state index in [0.717, 1.165) is 36.9 Å². The average Bonchev–Trinajstić information content (AvgIpc) is 2.53. The fraction of sp³-hybridized carbons (Fsp3) is 0.800. The molecule has 0 atom stereocenters. The van der Waals surface area contributed by atoms with Crippen LogP contribution in [0, 0.1) is 23.7 Å². The van der Waals surface area contributed by atoms with Gasteiger partial charge in [0.05, 0.1) is 6.61 Å². The summed E-state index contributed by atoms with van der Waals surface area (Å²) in [6.07, 6.45) is 20.9. The average molecular weight is 290 g/mol. The first-order valence-electron chi connectivity index (χ1n) is 9.20. The van der Waals surface area contributed by atoms with E-state index in [4.69, 9.17) is 4.74 Å². The molecule has 0 saturated heterocycles. The predicted octanol–water partition coefficient (Wildman–Crippen LogP) is 5.77. The maximum absolute atomic E-state index is 5.38. The van der Waals surface area contributed by atoms with E-state index >= 15 is 0 Å². The van der Waals surface area contributed by atoms with Crippen LogP contribution in [-0.2, 0) is 4.74 Å². The summed E-state index contributed by atoms with van der Waals surface area (Å²) in [5.41, 5.74) is 0. The van der Waals surface area contributed by atoms with Crippen LogP contribution < -0.4 is 0 Å². The largest absolute Gasteiger partial charge is 0.378 e. The van der Waals surface area contributed by atoms with Crippen LogP contribution in [0.25, 0.3) is 0 Å². The first kappa shape index (κ1) is 16.8. The number of hydrogen-bond donors (Lipinski definition) is 0. The number of ether oxygens (including phenoxy) is 1. The molecule has 0 spiro atoms. The van der Waals surface area contributed by atoms with Crippen LogP contribution >= 0.6 is 0 Å². The Labute approximate surface area is 131 Å². The Hall–Kier alpha value is -0.560. The monoisotopic (exact) mass is 290 g/mol. The minimum absolute atomic E-state index is 0.797. The van der Waals surface area contributed by atoms with E-state index in [0.29, 0.717) is 0 Å². The molecule has 120 valence electrons. The Morgan fingerprint density at radius 3 is 1.81 bits per heavy atom. The minimum Gasteiger partial charge on any atom is -0.378 e. The van der Waals surface area contributed by atoms with Gasteiger partial charge in [-0.3, -0.25) is 0 Å². The summed E-state index contributed by atoms with van der Waals surface area (Å²) >= 11 is 0. The van der Waals surface area contributed by atoms with Crippen LogP contribution in [0.1, 0.15) is 65.2 Å².